The lowest BCUT2D eigenvalue weighted by atomic mass is 9.90. The fourth-order valence-corrected chi connectivity index (χ4v) is 4.99. The highest BCUT2D eigenvalue weighted by atomic mass is 19.1. The van der Waals surface area contributed by atoms with Crippen molar-refractivity contribution in [2.75, 3.05) is 18.8 Å². The SMILES string of the molecule is [2H]C1N(Cc2ccc(F)cc2)CCC12c1cnccc1[C@H]([2H])N2Cc1cc2nc(N)c(F)cc2[nH]1. The van der Waals surface area contributed by atoms with E-state index in [1.54, 1.807) is 24.5 Å². The maximum absolute atomic E-state index is 13.9. The predicted octanol–water partition coefficient (Wildman–Crippen LogP) is 3.94. The highest BCUT2D eigenvalue weighted by molar-refractivity contribution is 5.77. The van der Waals surface area contributed by atoms with Crippen LogP contribution in [0.2, 0.25) is 0 Å². The van der Waals surface area contributed by atoms with Gasteiger partial charge in [-0.1, -0.05) is 12.1 Å². The van der Waals surface area contributed by atoms with E-state index in [0.29, 0.717) is 37.1 Å². The van der Waals surface area contributed by atoms with Gasteiger partial charge in [0.1, 0.15) is 5.82 Å². The van der Waals surface area contributed by atoms with Crippen molar-refractivity contribution in [1.29, 1.82) is 0 Å². The van der Waals surface area contributed by atoms with Crippen molar-refractivity contribution in [1.82, 2.24) is 24.8 Å². The molecule has 2 aliphatic heterocycles. The lowest BCUT2D eigenvalue weighted by molar-refractivity contribution is 0.0950. The van der Waals surface area contributed by atoms with E-state index < -0.39 is 24.4 Å². The minimum atomic E-state index is -0.745. The van der Waals surface area contributed by atoms with Crippen molar-refractivity contribution in [3.8, 4) is 0 Å². The summed E-state index contributed by atoms with van der Waals surface area (Å²) in [4.78, 5) is 15.7. The van der Waals surface area contributed by atoms with Gasteiger partial charge in [-0.25, -0.2) is 13.8 Å². The Morgan fingerprint density at radius 1 is 1.15 bits per heavy atom. The highest BCUT2D eigenvalue weighted by Crippen LogP contribution is 2.46. The number of halogens is 2. The zero-order valence-electron chi connectivity index (χ0n) is 19.8. The number of rotatable bonds is 4. The number of benzene rings is 1. The molecule has 168 valence electrons. The van der Waals surface area contributed by atoms with Crippen LogP contribution in [0.1, 0.15) is 31.5 Å². The summed E-state index contributed by atoms with van der Waals surface area (Å²) in [6.45, 7) is 0.158. The number of hydrogen-bond acceptors (Lipinski definition) is 5. The first-order valence-corrected chi connectivity index (χ1v) is 10.8. The van der Waals surface area contributed by atoms with Crippen molar-refractivity contribution in [2.24, 2.45) is 0 Å². The normalized spacial score (nSPS) is 26.1. The maximum atomic E-state index is 13.9. The Morgan fingerprint density at radius 3 is 2.85 bits per heavy atom. The van der Waals surface area contributed by atoms with Crippen LogP contribution in [0.15, 0.2) is 54.9 Å². The number of H-pyrrole nitrogens is 1. The van der Waals surface area contributed by atoms with Crippen LogP contribution in [0.3, 0.4) is 0 Å². The van der Waals surface area contributed by atoms with Crippen LogP contribution in [-0.2, 0) is 25.1 Å². The van der Waals surface area contributed by atoms with Gasteiger partial charge in [0.15, 0.2) is 11.6 Å². The molecule has 0 amide bonds. The largest absolute Gasteiger partial charge is 0.381 e. The monoisotopic (exact) mass is 448 g/mol. The molecule has 1 aromatic carbocycles. The summed E-state index contributed by atoms with van der Waals surface area (Å²) in [5.41, 5.74) is 9.41. The molecule has 6 nitrogen and oxygen atoms in total. The van der Waals surface area contributed by atoms with E-state index in [-0.39, 0.29) is 11.6 Å². The molecule has 1 spiro atoms. The number of fused-ring (bicyclic) bond motifs is 3. The number of anilines is 1. The van der Waals surface area contributed by atoms with E-state index in [2.05, 4.69) is 19.9 Å². The molecule has 1 fully saturated rings. The summed E-state index contributed by atoms with van der Waals surface area (Å²) in [5.74, 6) is -1.03. The molecule has 5 heterocycles. The average Bonchev–Trinajstić information content (AvgIpc) is 3.46. The summed E-state index contributed by atoms with van der Waals surface area (Å²) in [6, 6.07) is 11.3. The van der Waals surface area contributed by atoms with E-state index in [1.165, 1.54) is 18.2 Å². The second-order valence-electron chi connectivity index (χ2n) is 8.70. The number of nitrogens with two attached hydrogens (primary N) is 1. The lowest BCUT2D eigenvalue weighted by Crippen LogP contribution is -2.43. The molecule has 33 heavy (non-hydrogen) atoms. The third kappa shape index (κ3) is 3.46. The van der Waals surface area contributed by atoms with Crippen molar-refractivity contribution in [3.63, 3.8) is 0 Å². The molecule has 6 rings (SSSR count). The maximum Gasteiger partial charge on any atom is 0.167 e. The molecule has 2 unspecified atom stereocenters. The molecule has 2 aliphatic rings. The smallest absolute Gasteiger partial charge is 0.167 e. The molecule has 0 saturated carbocycles. The second kappa shape index (κ2) is 7.60. The predicted molar refractivity (Wildman–Crippen MR) is 122 cm³/mol. The topological polar surface area (TPSA) is 74.1 Å². The first-order valence-electron chi connectivity index (χ1n) is 12.0. The number of nitrogens with one attached hydrogen (secondary N) is 1. The number of nitrogen functional groups attached to an aromatic ring is 1. The van der Waals surface area contributed by atoms with E-state index in [9.17, 15) is 10.2 Å². The highest BCUT2D eigenvalue weighted by Gasteiger charge is 2.49. The van der Waals surface area contributed by atoms with Gasteiger partial charge in [-0.3, -0.25) is 14.8 Å². The molecular weight excluding hydrogens is 422 g/mol. The van der Waals surface area contributed by atoms with Gasteiger partial charge in [-0.15, -0.1) is 0 Å². The number of pyridine rings is 2. The number of aromatic nitrogens is 3. The van der Waals surface area contributed by atoms with Gasteiger partial charge in [0, 0.05) is 59.6 Å². The Bertz CT molecular complexity index is 1370. The first kappa shape index (κ1) is 18.1. The number of hydrogen-bond donors (Lipinski definition) is 2. The van der Waals surface area contributed by atoms with Crippen LogP contribution in [0.5, 0.6) is 0 Å². The average molecular weight is 449 g/mol. The second-order valence-corrected chi connectivity index (χ2v) is 8.70. The molecular formula is C25H24F2N6. The molecule has 3 N–H and O–H groups in total. The van der Waals surface area contributed by atoms with Gasteiger partial charge in [-0.2, -0.15) is 0 Å². The van der Waals surface area contributed by atoms with Crippen LogP contribution < -0.4 is 5.73 Å². The molecule has 8 heteroatoms. The summed E-state index contributed by atoms with van der Waals surface area (Å²) in [5, 5.41) is 0. The third-order valence-corrected chi connectivity index (χ3v) is 6.58. The Balaban J connectivity index is 1.37. The van der Waals surface area contributed by atoms with Crippen LogP contribution in [-0.4, -0.2) is 37.8 Å². The summed E-state index contributed by atoms with van der Waals surface area (Å²) >= 11 is 0. The minimum Gasteiger partial charge on any atom is -0.381 e. The van der Waals surface area contributed by atoms with Crippen LogP contribution in [0.4, 0.5) is 14.6 Å². The van der Waals surface area contributed by atoms with Crippen molar-refractivity contribution < 1.29 is 11.5 Å². The number of likely N-dealkylation sites (tertiary alicyclic amines) is 1. The van der Waals surface area contributed by atoms with E-state index in [4.69, 9.17) is 7.10 Å². The quantitative estimate of drug-likeness (QED) is 0.495. The van der Waals surface area contributed by atoms with Gasteiger partial charge in [-0.05, 0) is 47.4 Å². The standard InChI is InChI=1S/C25H24F2N6/c26-18-3-1-16(2-4-18)12-32-8-6-25(15-32)20-11-29-7-5-17(20)13-33(25)14-19-9-22-23(30-19)10-21(27)24(28)31-22/h1-5,7,9-11,30H,6,8,12-15H2,(H2,28,31)/i13D,15D/t13-,15?,25?/m0/s1. The van der Waals surface area contributed by atoms with Crippen molar-refractivity contribution in [2.45, 2.75) is 31.6 Å². The first-order chi connectivity index (χ1) is 16.9. The number of nitrogens with zero attached hydrogens (tertiary/aromatic N) is 4. The zero-order valence-corrected chi connectivity index (χ0v) is 17.8. The molecule has 0 bridgehead atoms. The van der Waals surface area contributed by atoms with Gasteiger partial charge in [0.05, 0.1) is 16.6 Å². The number of aromatic amines is 1. The van der Waals surface area contributed by atoms with Crippen LogP contribution in [0, 0.1) is 11.6 Å². The Hall–Kier alpha value is -3.36. The third-order valence-electron chi connectivity index (χ3n) is 6.58. The Labute approximate surface area is 192 Å². The molecule has 0 aliphatic carbocycles. The lowest BCUT2D eigenvalue weighted by Gasteiger charge is -2.35. The van der Waals surface area contributed by atoms with Gasteiger partial charge in [0.2, 0.25) is 0 Å². The van der Waals surface area contributed by atoms with Crippen molar-refractivity contribution >= 4 is 16.9 Å². The van der Waals surface area contributed by atoms with Crippen molar-refractivity contribution in [3.05, 3.63) is 88.9 Å². The van der Waals surface area contributed by atoms with Crippen LogP contribution in [0.25, 0.3) is 11.0 Å². The van der Waals surface area contributed by atoms with Gasteiger partial charge < -0.3 is 10.7 Å². The van der Waals surface area contributed by atoms with E-state index >= 15 is 0 Å². The Morgan fingerprint density at radius 2 is 2.00 bits per heavy atom. The van der Waals surface area contributed by atoms with Gasteiger partial charge >= 0.3 is 0 Å². The molecule has 4 aromatic rings. The fraction of sp³-hybridized carbons (Fsp3) is 0.280. The molecule has 3 aromatic heterocycles. The molecule has 1 saturated heterocycles. The summed E-state index contributed by atoms with van der Waals surface area (Å²) < 4.78 is 45.7. The Kier molecular flexibility index (Phi) is 4.17. The summed E-state index contributed by atoms with van der Waals surface area (Å²) in [6.07, 6.45) is 4.11. The van der Waals surface area contributed by atoms with Crippen LogP contribution >= 0.6 is 0 Å². The molecule has 3 atom stereocenters. The summed E-state index contributed by atoms with van der Waals surface area (Å²) in [7, 11) is 0. The minimum absolute atomic E-state index is 0.156. The van der Waals surface area contributed by atoms with Gasteiger partial charge in [0.25, 0.3) is 0 Å². The van der Waals surface area contributed by atoms with E-state index in [1.807, 2.05) is 17.0 Å². The fourth-order valence-electron chi connectivity index (χ4n) is 4.99. The molecule has 0 radical (unpaired) electrons. The zero-order chi connectivity index (χ0) is 24.3. The van der Waals surface area contributed by atoms with E-state index in [0.717, 1.165) is 22.4 Å².